The van der Waals surface area contributed by atoms with Crippen LogP contribution in [0.3, 0.4) is 0 Å². The van der Waals surface area contributed by atoms with Crippen LogP contribution in [-0.4, -0.2) is 24.9 Å². The molecule has 0 saturated carbocycles. The Labute approximate surface area is 140 Å². The number of anilines is 1. The van der Waals surface area contributed by atoms with Gasteiger partial charge in [0.25, 0.3) is 15.9 Å². The van der Waals surface area contributed by atoms with Crippen molar-refractivity contribution >= 4 is 61.3 Å². The molecule has 2 heterocycles. The molecule has 0 spiro atoms. The largest absolute Gasteiger partial charge is 0.479 e. The summed E-state index contributed by atoms with van der Waals surface area (Å²) in [6.07, 6.45) is 1.39. The first-order chi connectivity index (χ1) is 10.4. The first-order valence-electron chi connectivity index (χ1n) is 5.91. The molecule has 116 valence electrons. The van der Waals surface area contributed by atoms with E-state index in [0.29, 0.717) is 15.9 Å². The molecule has 2 N–H and O–H groups in total. The molecule has 6 nitrogen and oxygen atoms in total. The van der Waals surface area contributed by atoms with Crippen molar-refractivity contribution in [1.82, 2.24) is 9.36 Å². The lowest BCUT2D eigenvalue weighted by Crippen LogP contribution is -2.13. The summed E-state index contributed by atoms with van der Waals surface area (Å²) < 4.78 is 36.7. The molecule has 0 atom stereocenters. The van der Waals surface area contributed by atoms with E-state index in [0.717, 1.165) is 11.5 Å². The minimum absolute atomic E-state index is 0.0866. The van der Waals surface area contributed by atoms with E-state index in [-0.39, 0.29) is 20.8 Å². The van der Waals surface area contributed by atoms with Crippen LogP contribution in [0.5, 0.6) is 5.88 Å². The number of aromatic amines is 1. The van der Waals surface area contributed by atoms with Crippen LogP contribution in [0, 0.1) is 0 Å². The highest BCUT2D eigenvalue weighted by Crippen LogP contribution is 2.37. The number of nitrogens with one attached hydrogen (secondary N) is 2. The van der Waals surface area contributed by atoms with Crippen molar-refractivity contribution in [3.63, 3.8) is 0 Å². The predicted molar refractivity (Wildman–Crippen MR) is 87.8 cm³/mol. The Morgan fingerprint density at radius 2 is 2.14 bits per heavy atom. The van der Waals surface area contributed by atoms with E-state index < -0.39 is 10.0 Å². The fourth-order valence-corrected chi connectivity index (χ4v) is 4.30. The van der Waals surface area contributed by atoms with Crippen molar-refractivity contribution < 1.29 is 13.2 Å². The number of ether oxygens (including phenoxy) is 1. The van der Waals surface area contributed by atoms with Crippen molar-refractivity contribution in [3.8, 4) is 5.88 Å². The molecule has 0 saturated heterocycles. The number of H-pyrrole nitrogens is 1. The van der Waals surface area contributed by atoms with E-state index in [4.69, 9.17) is 27.9 Å². The van der Waals surface area contributed by atoms with Gasteiger partial charge in [-0.25, -0.2) is 8.42 Å². The van der Waals surface area contributed by atoms with Crippen molar-refractivity contribution in [3.05, 3.63) is 33.8 Å². The maximum absolute atomic E-state index is 12.6. The number of nitrogens with zero attached hydrogens (tertiary/aromatic N) is 1. The SMILES string of the molecule is COc1nsc(Cl)c1NS(=O)(=O)c1c[nH]c2cc(Cl)ccc12. The zero-order valence-corrected chi connectivity index (χ0v) is 14.2. The highest BCUT2D eigenvalue weighted by Gasteiger charge is 2.24. The average molecular weight is 378 g/mol. The minimum atomic E-state index is -3.86. The molecule has 3 rings (SSSR count). The van der Waals surface area contributed by atoms with Crippen LogP contribution >= 0.6 is 34.7 Å². The third kappa shape index (κ3) is 2.63. The molecule has 0 aliphatic rings. The average Bonchev–Trinajstić information content (AvgIpc) is 3.03. The lowest BCUT2D eigenvalue weighted by Gasteiger charge is -2.07. The highest BCUT2D eigenvalue weighted by molar-refractivity contribution is 7.93. The Balaban J connectivity index is 2.07. The molecule has 22 heavy (non-hydrogen) atoms. The zero-order valence-electron chi connectivity index (χ0n) is 11.1. The van der Waals surface area contributed by atoms with Crippen molar-refractivity contribution in [2.45, 2.75) is 4.90 Å². The van der Waals surface area contributed by atoms with Crippen molar-refractivity contribution in [2.75, 3.05) is 11.8 Å². The van der Waals surface area contributed by atoms with E-state index >= 15 is 0 Å². The van der Waals surface area contributed by atoms with Crippen LogP contribution in [0.4, 0.5) is 5.69 Å². The van der Waals surface area contributed by atoms with Crippen LogP contribution in [0.1, 0.15) is 0 Å². The summed E-state index contributed by atoms with van der Waals surface area (Å²) in [6.45, 7) is 0. The van der Waals surface area contributed by atoms with Crippen molar-refractivity contribution in [1.29, 1.82) is 0 Å². The smallest absolute Gasteiger partial charge is 0.264 e. The zero-order chi connectivity index (χ0) is 15.9. The molecular formula is C12H9Cl2N3O3S2. The topological polar surface area (TPSA) is 84.1 Å². The van der Waals surface area contributed by atoms with Gasteiger partial charge in [0.05, 0.1) is 7.11 Å². The fourth-order valence-electron chi connectivity index (χ4n) is 1.96. The van der Waals surface area contributed by atoms with Gasteiger partial charge in [-0.05, 0) is 29.7 Å². The summed E-state index contributed by atoms with van der Waals surface area (Å²) in [5.41, 5.74) is 0.742. The Kier molecular flexibility index (Phi) is 3.94. The third-order valence-electron chi connectivity index (χ3n) is 2.94. The number of hydrogen-bond acceptors (Lipinski definition) is 5. The Hall–Kier alpha value is -1.48. The van der Waals surface area contributed by atoms with Gasteiger partial charge in [-0.1, -0.05) is 23.2 Å². The normalized spacial score (nSPS) is 11.8. The van der Waals surface area contributed by atoms with Gasteiger partial charge in [-0.15, -0.1) is 0 Å². The molecule has 0 aliphatic heterocycles. The number of fused-ring (bicyclic) bond motifs is 1. The lowest BCUT2D eigenvalue weighted by molar-refractivity contribution is 0.405. The molecule has 0 radical (unpaired) electrons. The highest BCUT2D eigenvalue weighted by atomic mass is 35.5. The predicted octanol–water partition coefficient (Wildman–Crippen LogP) is 3.74. The molecule has 10 heteroatoms. The molecule has 0 fully saturated rings. The van der Waals surface area contributed by atoms with Gasteiger partial charge in [0.2, 0.25) is 0 Å². The van der Waals surface area contributed by atoms with Gasteiger partial charge in [0.15, 0.2) is 0 Å². The van der Waals surface area contributed by atoms with Crippen LogP contribution in [0.15, 0.2) is 29.3 Å². The number of methoxy groups -OCH3 is 1. The number of sulfonamides is 1. The second-order valence-corrected chi connectivity index (χ2v) is 7.75. The second-order valence-electron chi connectivity index (χ2n) is 4.29. The number of hydrogen-bond donors (Lipinski definition) is 2. The monoisotopic (exact) mass is 377 g/mol. The van der Waals surface area contributed by atoms with E-state index in [9.17, 15) is 8.42 Å². The van der Waals surface area contributed by atoms with Gasteiger partial charge in [-0.2, -0.15) is 4.37 Å². The van der Waals surface area contributed by atoms with E-state index in [1.165, 1.54) is 13.3 Å². The lowest BCUT2D eigenvalue weighted by atomic mass is 10.2. The summed E-state index contributed by atoms with van der Waals surface area (Å²) >= 11 is 12.8. The number of halogens is 2. The molecule has 0 aliphatic carbocycles. The van der Waals surface area contributed by atoms with E-state index in [1.807, 2.05) is 0 Å². The Bertz CT molecular complexity index is 950. The van der Waals surface area contributed by atoms with Gasteiger partial charge >= 0.3 is 0 Å². The maximum Gasteiger partial charge on any atom is 0.264 e. The third-order valence-corrected chi connectivity index (χ3v) is 5.59. The Morgan fingerprint density at radius 1 is 1.36 bits per heavy atom. The molecule has 2 aromatic heterocycles. The van der Waals surface area contributed by atoms with Crippen LogP contribution < -0.4 is 9.46 Å². The fraction of sp³-hybridized carbons (Fsp3) is 0.0833. The number of rotatable bonds is 4. The summed E-state index contributed by atoms with van der Waals surface area (Å²) in [6, 6.07) is 4.90. The van der Waals surface area contributed by atoms with Crippen LogP contribution in [0.25, 0.3) is 10.9 Å². The molecular weight excluding hydrogens is 369 g/mol. The van der Waals surface area contributed by atoms with Gasteiger partial charge in [0.1, 0.15) is 14.9 Å². The first kappa shape index (κ1) is 15.4. The van der Waals surface area contributed by atoms with Crippen molar-refractivity contribution in [2.24, 2.45) is 0 Å². The van der Waals surface area contributed by atoms with Gasteiger partial charge in [-0.3, -0.25) is 4.72 Å². The maximum atomic E-state index is 12.6. The van der Waals surface area contributed by atoms with E-state index in [2.05, 4.69) is 14.1 Å². The van der Waals surface area contributed by atoms with Crippen LogP contribution in [-0.2, 0) is 10.0 Å². The first-order valence-corrected chi connectivity index (χ1v) is 8.92. The second kappa shape index (κ2) is 5.62. The molecule has 3 aromatic rings. The minimum Gasteiger partial charge on any atom is -0.479 e. The van der Waals surface area contributed by atoms with E-state index in [1.54, 1.807) is 18.2 Å². The summed E-state index contributed by atoms with van der Waals surface area (Å²) in [5.74, 6) is 0.126. The molecule has 0 bridgehead atoms. The van der Waals surface area contributed by atoms with Gasteiger partial charge < -0.3 is 9.72 Å². The summed E-state index contributed by atoms with van der Waals surface area (Å²) in [5, 5.41) is 1.04. The Morgan fingerprint density at radius 3 is 2.86 bits per heavy atom. The summed E-state index contributed by atoms with van der Waals surface area (Å²) in [4.78, 5) is 2.96. The van der Waals surface area contributed by atoms with Crippen LogP contribution in [0.2, 0.25) is 9.36 Å². The molecule has 0 unspecified atom stereocenters. The molecule has 1 aromatic carbocycles. The summed E-state index contributed by atoms with van der Waals surface area (Å²) in [7, 11) is -2.47. The quantitative estimate of drug-likeness (QED) is 0.724. The number of benzene rings is 1. The standard InChI is InChI=1S/C12H9Cl2N3O3S2/c1-20-12-10(11(14)21-16-12)17-22(18,19)9-5-15-8-4-6(13)2-3-7(8)9/h2-5,15,17H,1H3. The van der Waals surface area contributed by atoms with Gasteiger partial charge in [0, 0.05) is 22.1 Å². The molecule has 0 amide bonds. The number of aromatic nitrogens is 2.